The van der Waals surface area contributed by atoms with Gasteiger partial charge in [0.25, 0.3) is 0 Å². The molecule has 1 N–H and O–H groups in total. The van der Waals surface area contributed by atoms with Crippen LogP contribution in [-0.2, 0) is 15.1 Å². The summed E-state index contributed by atoms with van der Waals surface area (Å²) in [6, 6.07) is 15.9. The van der Waals surface area contributed by atoms with Gasteiger partial charge in [0.15, 0.2) is 0 Å². The first-order valence-electron chi connectivity index (χ1n) is 8.99. The fourth-order valence-corrected chi connectivity index (χ4v) is 4.93. The number of hydrogen-bond donors (Lipinski definition) is 1. The largest absolute Gasteiger partial charge is 0.508 e. The number of thioether (sulfide) groups is 1. The molecule has 2 unspecified atom stereocenters. The number of carbonyl (C=O) groups is 1. The molecule has 1 saturated heterocycles. The first kappa shape index (κ1) is 18.8. The van der Waals surface area contributed by atoms with Gasteiger partial charge in [-0.3, -0.25) is 4.79 Å². The molecule has 2 aromatic rings. The third-order valence-electron chi connectivity index (χ3n) is 5.21. The summed E-state index contributed by atoms with van der Waals surface area (Å²) in [4.78, 5) is 14.3. The number of hydrogen-bond acceptors (Lipinski definition) is 3. The Bertz CT molecular complexity index is 813. The summed E-state index contributed by atoms with van der Waals surface area (Å²) in [6.45, 7) is 10.5. The lowest BCUT2D eigenvalue weighted by Crippen LogP contribution is -2.41. The monoisotopic (exact) mass is 369 g/mol. The Morgan fingerprint density at radius 3 is 2.42 bits per heavy atom. The number of amides is 1. The fraction of sp³-hybridized carbons (Fsp3) is 0.409. The van der Waals surface area contributed by atoms with Gasteiger partial charge in [-0.25, -0.2) is 0 Å². The molecule has 0 aromatic heterocycles. The summed E-state index contributed by atoms with van der Waals surface area (Å²) >= 11 is 1.66. The molecule has 0 spiro atoms. The number of carbonyl (C=O) groups excluding carboxylic acids is 1. The lowest BCUT2D eigenvalue weighted by Gasteiger charge is -2.40. The average molecular weight is 370 g/mol. The highest BCUT2D eigenvalue weighted by molar-refractivity contribution is 8.01. The van der Waals surface area contributed by atoms with Crippen LogP contribution in [0.15, 0.2) is 48.5 Å². The minimum Gasteiger partial charge on any atom is -0.508 e. The fourth-order valence-electron chi connectivity index (χ4n) is 3.69. The van der Waals surface area contributed by atoms with Gasteiger partial charge in [-0.05, 0) is 48.1 Å². The van der Waals surface area contributed by atoms with E-state index in [2.05, 4.69) is 52.8 Å². The van der Waals surface area contributed by atoms with Crippen LogP contribution in [0.5, 0.6) is 5.75 Å². The molecule has 1 aliphatic heterocycles. The van der Waals surface area contributed by atoms with Gasteiger partial charge in [-0.2, -0.15) is 0 Å². The van der Waals surface area contributed by atoms with Crippen LogP contribution in [0.3, 0.4) is 0 Å². The van der Waals surface area contributed by atoms with Crippen molar-refractivity contribution in [3.05, 3.63) is 65.2 Å². The second kappa shape index (κ2) is 6.66. The number of phenolic OH excluding ortho intramolecular Hbond substituents is 1. The third kappa shape index (κ3) is 3.23. The lowest BCUT2D eigenvalue weighted by molar-refractivity contribution is -0.132. The first-order chi connectivity index (χ1) is 12.1. The quantitative estimate of drug-likeness (QED) is 0.808. The van der Waals surface area contributed by atoms with Crippen molar-refractivity contribution >= 4 is 17.7 Å². The molecule has 0 radical (unpaired) electrons. The average Bonchev–Trinajstić information content (AvgIpc) is 2.90. The lowest BCUT2D eigenvalue weighted by atomic mass is 9.84. The molecule has 1 fully saturated rings. The van der Waals surface area contributed by atoms with Gasteiger partial charge < -0.3 is 10.0 Å². The Morgan fingerprint density at radius 2 is 1.81 bits per heavy atom. The van der Waals surface area contributed by atoms with E-state index in [0.29, 0.717) is 11.5 Å². The molecule has 3 rings (SSSR count). The highest BCUT2D eigenvalue weighted by Crippen LogP contribution is 2.50. The third-order valence-corrected chi connectivity index (χ3v) is 6.60. The Hall–Kier alpha value is -1.94. The molecular formula is C22H27NO2S. The summed E-state index contributed by atoms with van der Waals surface area (Å²) in [5.74, 6) is 0.931. The van der Waals surface area contributed by atoms with E-state index in [9.17, 15) is 9.90 Å². The zero-order valence-electron chi connectivity index (χ0n) is 16.1. The molecule has 1 amide bonds. The van der Waals surface area contributed by atoms with E-state index in [1.54, 1.807) is 17.8 Å². The maximum atomic E-state index is 12.8. The van der Waals surface area contributed by atoms with Crippen molar-refractivity contribution in [2.24, 2.45) is 0 Å². The van der Waals surface area contributed by atoms with Gasteiger partial charge in [0, 0.05) is 0 Å². The van der Waals surface area contributed by atoms with Crippen LogP contribution in [0.25, 0.3) is 0 Å². The van der Waals surface area contributed by atoms with Crippen molar-refractivity contribution in [2.45, 2.75) is 50.9 Å². The van der Waals surface area contributed by atoms with Gasteiger partial charge in [-0.15, -0.1) is 11.8 Å². The number of phenols is 1. The zero-order valence-corrected chi connectivity index (χ0v) is 16.9. The van der Waals surface area contributed by atoms with E-state index >= 15 is 0 Å². The second-order valence-corrected chi connectivity index (χ2v) is 9.48. The number of aromatic hydroxyl groups is 1. The van der Waals surface area contributed by atoms with Gasteiger partial charge in [0.1, 0.15) is 10.6 Å². The molecule has 2 atom stereocenters. The Labute approximate surface area is 160 Å². The van der Waals surface area contributed by atoms with Gasteiger partial charge in [0.2, 0.25) is 5.91 Å². The van der Waals surface area contributed by atoms with Crippen molar-refractivity contribution in [2.75, 3.05) is 5.75 Å². The van der Waals surface area contributed by atoms with Crippen molar-refractivity contribution in [1.82, 2.24) is 4.90 Å². The smallest absolute Gasteiger partial charge is 0.234 e. The molecule has 0 bridgehead atoms. The normalized spacial score (nSPS) is 21.9. The van der Waals surface area contributed by atoms with Gasteiger partial charge in [0.05, 0.1) is 11.8 Å². The molecule has 1 heterocycles. The molecule has 3 nitrogen and oxygen atoms in total. The predicted octanol–water partition coefficient (Wildman–Crippen LogP) is 5.20. The predicted molar refractivity (Wildman–Crippen MR) is 108 cm³/mol. The molecule has 1 aliphatic rings. The van der Waals surface area contributed by atoms with E-state index in [4.69, 9.17) is 0 Å². The van der Waals surface area contributed by atoms with Crippen molar-refractivity contribution in [1.29, 1.82) is 0 Å². The SMILES string of the molecule is CC(c1ccccc1)N1C(=O)CSC1(C)c1ccc(O)c(C(C)(C)C)c1. The molecule has 2 aromatic carbocycles. The maximum absolute atomic E-state index is 12.8. The number of rotatable bonds is 3. The first-order valence-corrected chi connectivity index (χ1v) is 9.98. The molecular weight excluding hydrogens is 342 g/mol. The highest BCUT2D eigenvalue weighted by atomic mass is 32.2. The van der Waals surface area contributed by atoms with Crippen LogP contribution < -0.4 is 0 Å². The van der Waals surface area contributed by atoms with Crippen LogP contribution in [0.1, 0.15) is 57.4 Å². The van der Waals surface area contributed by atoms with Crippen molar-refractivity contribution in [3.63, 3.8) is 0 Å². The molecule has 138 valence electrons. The van der Waals surface area contributed by atoms with Gasteiger partial charge >= 0.3 is 0 Å². The zero-order chi connectivity index (χ0) is 19.1. The second-order valence-electron chi connectivity index (χ2n) is 8.10. The van der Waals surface area contributed by atoms with Crippen LogP contribution in [0.4, 0.5) is 0 Å². The Morgan fingerprint density at radius 1 is 1.15 bits per heavy atom. The highest BCUT2D eigenvalue weighted by Gasteiger charge is 2.46. The van der Waals surface area contributed by atoms with E-state index in [1.165, 1.54) is 0 Å². The summed E-state index contributed by atoms with van der Waals surface area (Å²) < 4.78 is 0. The number of nitrogens with zero attached hydrogens (tertiary/aromatic N) is 1. The molecule has 0 aliphatic carbocycles. The van der Waals surface area contributed by atoms with Gasteiger partial charge in [-0.1, -0.05) is 57.2 Å². The minimum atomic E-state index is -0.458. The maximum Gasteiger partial charge on any atom is 0.234 e. The van der Waals surface area contributed by atoms with Crippen molar-refractivity contribution in [3.8, 4) is 5.75 Å². The standard InChI is InChI=1S/C22H27NO2S/c1-15(16-9-7-6-8-10-16)23-20(25)14-26-22(23,5)17-11-12-19(24)18(13-17)21(2,3)4/h6-13,15,24H,14H2,1-5H3. The summed E-state index contributed by atoms with van der Waals surface area (Å²) in [5.41, 5.74) is 2.92. The van der Waals surface area contributed by atoms with Crippen LogP contribution in [-0.4, -0.2) is 21.7 Å². The topological polar surface area (TPSA) is 40.5 Å². The van der Waals surface area contributed by atoms with E-state index in [0.717, 1.165) is 16.7 Å². The van der Waals surface area contributed by atoms with Crippen LogP contribution >= 0.6 is 11.8 Å². The van der Waals surface area contributed by atoms with E-state index in [1.807, 2.05) is 29.2 Å². The van der Waals surface area contributed by atoms with Crippen LogP contribution in [0.2, 0.25) is 0 Å². The molecule has 26 heavy (non-hydrogen) atoms. The molecule has 0 saturated carbocycles. The van der Waals surface area contributed by atoms with Crippen molar-refractivity contribution < 1.29 is 9.90 Å². The Balaban J connectivity index is 2.06. The molecule has 4 heteroatoms. The summed E-state index contributed by atoms with van der Waals surface area (Å²) in [5, 5.41) is 10.3. The minimum absolute atomic E-state index is 0.0180. The van der Waals surface area contributed by atoms with E-state index in [-0.39, 0.29) is 17.4 Å². The van der Waals surface area contributed by atoms with Crippen LogP contribution in [0, 0.1) is 0 Å². The van der Waals surface area contributed by atoms with E-state index < -0.39 is 4.87 Å². The Kier molecular flexibility index (Phi) is 4.82. The summed E-state index contributed by atoms with van der Waals surface area (Å²) in [7, 11) is 0. The summed E-state index contributed by atoms with van der Waals surface area (Å²) in [6.07, 6.45) is 0. The number of benzene rings is 2.